The first-order chi connectivity index (χ1) is 11.7. The highest BCUT2D eigenvalue weighted by Crippen LogP contribution is 2.28. The highest BCUT2D eigenvalue weighted by Gasteiger charge is 2.18. The molecule has 8 heteroatoms. The van der Waals surface area contributed by atoms with Crippen LogP contribution >= 0.6 is 23.1 Å². The van der Waals surface area contributed by atoms with E-state index in [2.05, 4.69) is 14.9 Å². The number of nitrogen functional groups attached to an aromatic ring is 1. The van der Waals surface area contributed by atoms with E-state index in [4.69, 9.17) is 22.1 Å². The molecule has 0 radical (unpaired) electrons. The summed E-state index contributed by atoms with van der Waals surface area (Å²) < 4.78 is 9.96. The van der Waals surface area contributed by atoms with E-state index in [-0.39, 0.29) is 5.91 Å². The van der Waals surface area contributed by atoms with E-state index in [9.17, 15) is 4.79 Å². The van der Waals surface area contributed by atoms with Gasteiger partial charge in [0.1, 0.15) is 10.8 Å². The molecule has 1 atom stereocenters. The number of hydrogen-bond donors (Lipinski definition) is 2. The number of carbonyl (C=O) groups excluding carboxylic acids is 1. The third kappa shape index (κ3) is 4.49. The summed E-state index contributed by atoms with van der Waals surface area (Å²) in [4.78, 5) is 12.3. The molecule has 0 aliphatic carbocycles. The minimum Gasteiger partial charge on any atom is -0.480 e. The fourth-order valence-corrected chi connectivity index (χ4v) is 3.47. The van der Waals surface area contributed by atoms with Gasteiger partial charge in [0.25, 0.3) is 5.91 Å². The number of nitrogens with one attached hydrogen (secondary N) is 1. The van der Waals surface area contributed by atoms with E-state index in [1.807, 2.05) is 20.8 Å². The summed E-state index contributed by atoms with van der Waals surface area (Å²) in [5.74, 6) is 0.294. The predicted molar refractivity (Wildman–Crippen MR) is 103 cm³/mol. The fraction of sp³-hybridized carbons (Fsp3) is 0.353. The summed E-state index contributed by atoms with van der Waals surface area (Å²) in [5, 5.41) is 5.32. The molecule has 3 N–H and O–H groups in total. The molecule has 1 aromatic heterocycles. The molecule has 0 saturated heterocycles. The molecule has 1 amide bonds. The number of ether oxygens (including phenoxy) is 1. The van der Waals surface area contributed by atoms with Crippen molar-refractivity contribution in [1.29, 1.82) is 0 Å². The lowest BCUT2D eigenvalue weighted by Crippen LogP contribution is -2.34. The van der Waals surface area contributed by atoms with Crippen LogP contribution in [-0.4, -0.2) is 22.1 Å². The monoisotopic (exact) mass is 380 g/mol. The van der Waals surface area contributed by atoms with Crippen LogP contribution in [0.4, 0.5) is 5.00 Å². The maximum absolute atomic E-state index is 12.3. The second-order valence-corrected chi connectivity index (χ2v) is 7.05. The molecule has 2 rings (SSSR count). The Morgan fingerprint density at radius 3 is 2.48 bits per heavy atom. The summed E-state index contributed by atoms with van der Waals surface area (Å²) in [7, 11) is 0. The SMILES string of the molecule is C/C(=N/NC(=O)[C@H](C)Oc1c(C)cc(Cl)cc1C)c1c(C)nsc1N. The van der Waals surface area contributed by atoms with Crippen molar-refractivity contribution in [3.63, 3.8) is 0 Å². The molecule has 1 aromatic carbocycles. The Balaban J connectivity index is 2.07. The molecular formula is C17H21ClN4O2S. The van der Waals surface area contributed by atoms with Gasteiger partial charge in [-0.25, -0.2) is 5.43 Å². The number of aromatic nitrogens is 1. The third-order valence-electron chi connectivity index (χ3n) is 3.67. The quantitative estimate of drug-likeness (QED) is 0.612. The van der Waals surface area contributed by atoms with Crippen LogP contribution in [0, 0.1) is 20.8 Å². The van der Waals surface area contributed by atoms with Gasteiger partial charge in [0.15, 0.2) is 6.10 Å². The van der Waals surface area contributed by atoms with Gasteiger partial charge in [-0.2, -0.15) is 9.47 Å². The molecule has 2 aromatic rings. The predicted octanol–water partition coefficient (Wildman–Crippen LogP) is 3.61. The standard InChI is InChI=1S/C17H21ClN4O2S/c1-8-6-13(18)7-9(2)15(8)24-12(5)17(23)21-20-10(3)14-11(4)22-25-16(14)19/h6-7,12H,19H2,1-5H3,(H,21,23)/b20-10-/t12-/m0/s1. The van der Waals surface area contributed by atoms with E-state index in [1.165, 1.54) is 11.5 Å². The second-order valence-electron chi connectivity index (χ2n) is 5.81. The van der Waals surface area contributed by atoms with Crippen molar-refractivity contribution in [3.05, 3.63) is 39.5 Å². The molecule has 0 bridgehead atoms. The average molecular weight is 381 g/mol. The molecule has 134 valence electrons. The van der Waals surface area contributed by atoms with E-state index in [0.717, 1.165) is 22.4 Å². The van der Waals surface area contributed by atoms with Crippen molar-refractivity contribution in [2.24, 2.45) is 5.10 Å². The number of benzene rings is 1. The lowest BCUT2D eigenvalue weighted by molar-refractivity contribution is -0.127. The lowest BCUT2D eigenvalue weighted by Gasteiger charge is -2.17. The van der Waals surface area contributed by atoms with Crippen LogP contribution in [0.3, 0.4) is 0 Å². The van der Waals surface area contributed by atoms with Gasteiger partial charge in [-0.3, -0.25) is 4.79 Å². The zero-order valence-corrected chi connectivity index (χ0v) is 16.4. The Kier molecular flexibility index (Phi) is 6.02. The molecule has 0 fully saturated rings. The molecule has 0 aliphatic rings. The summed E-state index contributed by atoms with van der Waals surface area (Å²) >= 11 is 7.22. The van der Waals surface area contributed by atoms with Crippen LogP contribution in [0.25, 0.3) is 0 Å². The van der Waals surface area contributed by atoms with Crippen molar-refractivity contribution in [3.8, 4) is 5.75 Å². The molecule has 0 aliphatic heterocycles. The summed E-state index contributed by atoms with van der Waals surface area (Å²) in [6.45, 7) is 9.05. The van der Waals surface area contributed by atoms with Crippen LogP contribution in [0.15, 0.2) is 17.2 Å². The van der Waals surface area contributed by atoms with Crippen molar-refractivity contribution in [2.75, 3.05) is 5.73 Å². The van der Waals surface area contributed by atoms with E-state index in [0.29, 0.717) is 21.5 Å². The zero-order chi connectivity index (χ0) is 18.7. The van der Waals surface area contributed by atoms with Gasteiger partial charge in [-0.15, -0.1) is 0 Å². The molecule has 0 spiro atoms. The number of amides is 1. The van der Waals surface area contributed by atoms with Crippen molar-refractivity contribution < 1.29 is 9.53 Å². The Morgan fingerprint density at radius 1 is 1.36 bits per heavy atom. The highest BCUT2D eigenvalue weighted by molar-refractivity contribution is 7.10. The number of aryl methyl sites for hydroxylation is 3. The van der Waals surface area contributed by atoms with Crippen LogP contribution in [-0.2, 0) is 4.79 Å². The Labute approximate surface area is 156 Å². The number of hydrogen-bond acceptors (Lipinski definition) is 6. The number of nitrogens with zero attached hydrogens (tertiary/aromatic N) is 2. The lowest BCUT2D eigenvalue weighted by atomic mass is 10.1. The number of carbonyl (C=O) groups is 1. The van der Waals surface area contributed by atoms with E-state index < -0.39 is 6.10 Å². The summed E-state index contributed by atoms with van der Waals surface area (Å²) in [6.07, 6.45) is -0.714. The van der Waals surface area contributed by atoms with Crippen LogP contribution < -0.4 is 15.9 Å². The van der Waals surface area contributed by atoms with Crippen molar-refractivity contribution in [1.82, 2.24) is 9.80 Å². The van der Waals surface area contributed by atoms with Gasteiger partial charge in [-0.1, -0.05) is 11.6 Å². The first-order valence-corrected chi connectivity index (χ1v) is 8.85. The maximum Gasteiger partial charge on any atom is 0.280 e. The molecular weight excluding hydrogens is 360 g/mol. The fourth-order valence-electron chi connectivity index (χ4n) is 2.43. The number of rotatable bonds is 5. The number of nitrogens with two attached hydrogens (primary N) is 1. The molecule has 6 nitrogen and oxygen atoms in total. The van der Waals surface area contributed by atoms with Crippen molar-refractivity contribution in [2.45, 2.75) is 40.7 Å². The molecule has 25 heavy (non-hydrogen) atoms. The Morgan fingerprint density at radius 2 is 1.96 bits per heavy atom. The van der Waals surface area contributed by atoms with Gasteiger partial charge in [0, 0.05) is 5.02 Å². The first kappa shape index (κ1) is 19.2. The smallest absolute Gasteiger partial charge is 0.280 e. The Bertz CT molecular complexity index is 790. The topological polar surface area (TPSA) is 89.6 Å². The van der Waals surface area contributed by atoms with Gasteiger partial charge < -0.3 is 10.5 Å². The molecule has 0 saturated carbocycles. The van der Waals surface area contributed by atoms with E-state index >= 15 is 0 Å². The minimum atomic E-state index is -0.714. The largest absolute Gasteiger partial charge is 0.480 e. The van der Waals surface area contributed by atoms with Crippen LogP contribution in [0.2, 0.25) is 5.02 Å². The van der Waals surface area contributed by atoms with Crippen molar-refractivity contribution >= 4 is 39.8 Å². The number of anilines is 1. The normalized spacial score (nSPS) is 12.8. The zero-order valence-electron chi connectivity index (χ0n) is 14.8. The van der Waals surface area contributed by atoms with Gasteiger partial charge in [0.2, 0.25) is 0 Å². The second kappa shape index (κ2) is 7.84. The molecule has 0 unspecified atom stereocenters. The number of halogens is 1. The third-order valence-corrected chi connectivity index (χ3v) is 4.66. The molecule has 1 heterocycles. The van der Waals surface area contributed by atoms with Gasteiger partial charge >= 0.3 is 0 Å². The maximum atomic E-state index is 12.3. The van der Waals surface area contributed by atoms with E-state index in [1.54, 1.807) is 26.0 Å². The first-order valence-electron chi connectivity index (χ1n) is 7.70. The van der Waals surface area contributed by atoms with Crippen LogP contribution in [0.5, 0.6) is 5.75 Å². The van der Waals surface area contributed by atoms with Gasteiger partial charge in [-0.05, 0) is 69.4 Å². The highest BCUT2D eigenvalue weighted by atomic mass is 35.5. The van der Waals surface area contributed by atoms with Gasteiger partial charge in [0.05, 0.1) is 17.0 Å². The summed E-state index contributed by atoms with van der Waals surface area (Å²) in [5.41, 5.74) is 12.3. The Hall–Kier alpha value is -2.12. The van der Waals surface area contributed by atoms with Crippen LogP contribution in [0.1, 0.15) is 36.2 Å². The number of hydrazone groups is 1. The summed E-state index contributed by atoms with van der Waals surface area (Å²) in [6, 6.07) is 3.60. The minimum absolute atomic E-state index is 0.354. The average Bonchev–Trinajstić information content (AvgIpc) is 2.86.